The van der Waals surface area contributed by atoms with E-state index in [2.05, 4.69) is 17.9 Å². The molecule has 4 heteroatoms. The lowest BCUT2D eigenvalue weighted by molar-refractivity contribution is -0.132. The predicted octanol–water partition coefficient (Wildman–Crippen LogP) is 6.03. The fourth-order valence-electron chi connectivity index (χ4n) is 5.31. The molecule has 0 N–H and O–H groups in total. The van der Waals surface area contributed by atoms with Crippen LogP contribution in [0.1, 0.15) is 69.1 Å². The van der Waals surface area contributed by atoms with E-state index in [1.165, 1.54) is 25.7 Å². The highest BCUT2D eigenvalue weighted by Crippen LogP contribution is 2.39. The van der Waals surface area contributed by atoms with Crippen molar-refractivity contribution in [1.82, 2.24) is 4.90 Å². The molecule has 2 aromatic rings. The van der Waals surface area contributed by atoms with Gasteiger partial charge in [0, 0.05) is 35.2 Å². The number of benzene rings is 1. The molecule has 4 nitrogen and oxygen atoms in total. The van der Waals surface area contributed by atoms with Gasteiger partial charge in [0.1, 0.15) is 11.3 Å². The van der Waals surface area contributed by atoms with Crippen molar-refractivity contribution < 1.29 is 13.9 Å². The average Bonchev–Trinajstić information content (AvgIpc) is 3.10. The molecule has 1 aliphatic heterocycles. The Hall–Kier alpha value is -2.23. The first-order valence-corrected chi connectivity index (χ1v) is 11.1. The second-order valence-electron chi connectivity index (χ2n) is 8.72. The molecule has 2 fully saturated rings. The van der Waals surface area contributed by atoms with Crippen LogP contribution in [-0.2, 0) is 4.79 Å². The lowest BCUT2D eigenvalue weighted by Gasteiger charge is -2.43. The van der Waals surface area contributed by atoms with Gasteiger partial charge in [-0.25, -0.2) is 0 Å². The molecule has 29 heavy (non-hydrogen) atoms. The zero-order chi connectivity index (χ0) is 20.5. The number of carbonyl (C=O) groups excluding carboxylic acids is 1. The lowest BCUT2D eigenvalue weighted by atomic mass is 9.78. The van der Waals surface area contributed by atoms with Crippen molar-refractivity contribution >= 4 is 22.4 Å². The fourth-order valence-corrected chi connectivity index (χ4v) is 5.31. The summed E-state index contributed by atoms with van der Waals surface area (Å²) in [6.07, 6.45) is 11.0. The van der Waals surface area contributed by atoms with Gasteiger partial charge in [0.05, 0.1) is 12.9 Å². The monoisotopic (exact) mass is 395 g/mol. The Balaban J connectivity index is 1.69. The Kier molecular flexibility index (Phi) is 5.71. The van der Waals surface area contributed by atoms with Crippen molar-refractivity contribution in [2.45, 2.75) is 72.3 Å². The number of rotatable bonds is 4. The van der Waals surface area contributed by atoms with E-state index >= 15 is 0 Å². The maximum Gasteiger partial charge on any atom is 0.247 e. The number of furan rings is 1. The number of carbonyl (C=O) groups is 1. The van der Waals surface area contributed by atoms with E-state index < -0.39 is 0 Å². The Morgan fingerprint density at radius 1 is 1.24 bits per heavy atom. The number of allylic oxidation sites excluding steroid dienone is 1. The molecule has 2 atom stereocenters. The maximum atomic E-state index is 13.3. The lowest BCUT2D eigenvalue weighted by Crippen LogP contribution is -2.49. The van der Waals surface area contributed by atoms with Crippen LogP contribution in [0.15, 0.2) is 22.8 Å². The number of piperidine rings is 1. The Morgan fingerprint density at radius 2 is 2.00 bits per heavy atom. The van der Waals surface area contributed by atoms with Gasteiger partial charge in [0.15, 0.2) is 0 Å². The molecule has 1 saturated carbocycles. The van der Waals surface area contributed by atoms with Gasteiger partial charge in [-0.1, -0.05) is 12.8 Å². The summed E-state index contributed by atoms with van der Waals surface area (Å²) in [5, 5.41) is 1.09. The van der Waals surface area contributed by atoms with Crippen molar-refractivity contribution in [2.75, 3.05) is 13.2 Å². The second-order valence-corrected chi connectivity index (χ2v) is 8.72. The van der Waals surface area contributed by atoms with Gasteiger partial charge in [0.25, 0.3) is 0 Å². The average molecular weight is 396 g/mol. The summed E-state index contributed by atoms with van der Waals surface area (Å²) in [6.45, 7) is 9.57. The van der Waals surface area contributed by atoms with Crippen molar-refractivity contribution in [3.8, 4) is 5.75 Å². The molecule has 156 valence electrons. The van der Waals surface area contributed by atoms with Crippen molar-refractivity contribution in [3.05, 3.63) is 35.1 Å². The normalized spacial score (nSPS) is 22.6. The molecular weight excluding hydrogens is 362 g/mol. The molecular formula is C25H33NO3. The number of aryl methyl sites for hydroxylation is 2. The van der Waals surface area contributed by atoms with Gasteiger partial charge in [-0.15, -0.1) is 0 Å². The van der Waals surface area contributed by atoms with Crippen molar-refractivity contribution in [3.63, 3.8) is 0 Å². The van der Waals surface area contributed by atoms with Gasteiger partial charge in [-0.05, 0) is 76.5 Å². The Morgan fingerprint density at radius 3 is 2.79 bits per heavy atom. The van der Waals surface area contributed by atoms with E-state index in [-0.39, 0.29) is 5.91 Å². The summed E-state index contributed by atoms with van der Waals surface area (Å²) in [6, 6.07) is 2.55. The molecule has 4 rings (SSSR count). The number of fused-ring (bicyclic) bond motifs is 2. The number of likely N-dealkylation sites (tertiary alicyclic amines) is 1. The van der Waals surface area contributed by atoms with Crippen LogP contribution in [0.25, 0.3) is 16.5 Å². The molecule has 1 saturated heterocycles. The number of hydrogen-bond donors (Lipinski definition) is 0. The fraction of sp³-hybridized carbons (Fsp3) is 0.560. The third kappa shape index (κ3) is 3.70. The van der Waals surface area contributed by atoms with E-state index in [1.807, 2.05) is 26.8 Å². The van der Waals surface area contributed by atoms with Gasteiger partial charge in [0.2, 0.25) is 5.91 Å². The first kappa shape index (κ1) is 20.1. The third-order valence-corrected chi connectivity index (χ3v) is 6.82. The minimum Gasteiger partial charge on any atom is -0.493 e. The highest BCUT2D eigenvalue weighted by Gasteiger charge is 2.35. The van der Waals surface area contributed by atoms with Crippen LogP contribution in [0.4, 0.5) is 0 Å². The van der Waals surface area contributed by atoms with Gasteiger partial charge < -0.3 is 14.1 Å². The van der Waals surface area contributed by atoms with Crippen LogP contribution >= 0.6 is 0 Å². The minimum absolute atomic E-state index is 0.156. The minimum atomic E-state index is 0.156. The van der Waals surface area contributed by atoms with E-state index in [4.69, 9.17) is 9.15 Å². The summed E-state index contributed by atoms with van der Waals surface area (Å²) in [4.78, 5) is 15.4. The Labute approximate surface area is 173 Å². The van der Waals surface area contributed by atoms with Crippen LogP contribution < -0.4 is 4.74 Å². The summed E-state index contributed by atoms with van der Waals surface area (Å²) in [5.41, 5.74) is 4.93. The summed E-state index contributed by atoms with van der Waals surface area (Å²) < 4.78 is 11.8. The zero-order valence-corrected chi connectivity index (χ0v) is 18.2. The standard InChI is InChI=1S/C25H33NO3/c1-5-28-24-18(4)25-21(17(3)15-29-25)14-20(24)16(2)13-23(27)26-12-8-10-19-9-6-7-11-22(19)26/h13-15,19,22H,5-12H2,1-4H3/b16-13+. The van der Waals surface area contributed by atoms with E-state index in [0.717, 1.165) is 58.4 Å². The van der Waals surface area contributed by atoms with Crippen molar-refractivity contribution in [2.24, 2.45) is 5.92 Å². The highest BCUT2D eigenvalue weighted by atomic mass is 16.5. The quantitative estimate of drug-likeness (QED) is 0.593. The topological polar surface area (TPSA) is 42.7 Å². The molecule has 1 aliphatic carbocycles. The summed E-state index contributed by atoms with van der Waals surface area (Å²) >= 11 is 0. The molecule has 1 aromatic heterocycles. The summed E-state index contributed by atoms with van der Waals surface area (Å²) in [7, 11) is 0. The first-order chi connectivity index (χ1) is 14.0. The maximum absolute atomic E-state index is 13.3. The van der Waals surface area contributed by atoms with Crippen LogP contribution in [0.3, 0.4) is 0 Å². The van der Waals surface area contributed by atoms with Gasteiger partial charge >= 0.3 is 0 Å². The van der Waals surface area contributed by atoms with Gasteiger partial charge in [-0.2, -0.15) is 0 Å². The van der Waals surface area contributed by atoms with Crippen LogP contribution in [0.2, 0.25) is 0 Å². The van der Waals surface area contributed by atoms with E-state index in [0.29, 0.717) is 18.6 Å². The van der Waals surface area contributed by atoms with Crippen LogP contribution in [-0.4, -0.2) is 30.0 Å². The molecule has 2 aliphatic rings. The first-order valence-electron chi connectivity index (χ1n) is 11.1. The largest absolute Gasteiger partial charge is 0.493 e. The number of hydrogen-bond acceptors (Lipinski definition) is 3. The highest BCUT2D eigenvalue weighted by molar-refractivity contribution is 5.98. The molecule has 2 heterocycles. The second kappa shape index (κ2) is 8.25. The number of amides is 1. The zero-order valence-electron chi connectivity index (χ0n) is 18.2. The third-order valence-electron chi connectivity index (χ3n) is 6.82. The predicted molar refractivity (Wildman–Crippen MR) is 117 cm³/mol. The van der Waals surface area contributed by atoms with E-state index in [9.17, 15) is 4.79 Å². The van der Waals surface area contributed by atoms with E-state index in [1.54, 1.807) is 6.26 Å². The molecule has 0 radical (unpaired) electrons. The number of nitrogens with zero attached hydrogens (tertiary/aromatic N) is 1. The van der Waals surface area contributed by atoms with Crippen LogP contribution in [0.5, 0.6) is 5.75 Å². The summed E-state index contributed by atoms with van der Waals surface area (Å²) in [5.74, 6) is 1.68. The van der Waals surface area contributed by atoms with Gasteiger partial charge in [-0.3, -0.25) is 4.79 Å². The van der Waals surface area contributed by atoms with Crippen LogP contribution in [0, 0.1) is 19.8 Å². The number of ether oxygens (including phenoxy) is 1. The molecule has 2 unspecified atom stereocenters. The molecule has 1 amide bonds. The SMILES string of the molecule is CCOc1c(/C(C)=C/C(=O)N2CCCC3CCCCC32)cc2c(C)coc2c1C. The smallest absolute Gasteiger partial charge is 0.247 e. The molecule has 1 aromatic carbocycles. The van der Waals surface area contributed by atoms with Crippen molar-refractivity contribution in [1.29, 1.82) is 0 Å². The molecule has 0 spiro atoms. The Bertz CT molecular complexity index is 937. The molecule has 0 bridgehead atoms.